The fourth-order valence-corrected chi connectivity index (χ4v) is 3.12. The molecule has 4 nitrogen and oxygen atoms in total. The molecule has 0 amide bonds. The zero-order valence-electron chi connectivity index (χ0n) is 12.7. The molecule has 0 bridgehead atoms. The van der Waals surface area contributed by atoms with E-state index in [2.05, 4.69) is 27.5 Å². The molecule has 0 aliphatic carbocycles. The Kier molecular flexibility index (Phi) is 7.18. The van der Waals surface area contributed by atoms with Crippen molar-refractivity contribution in [1.82, 2.24) is 15.1 Å². The molecule has 1 aromatic carbocycles. The van der Waals surface area contributed by atoms with E-state index < -0.39 is 0 Å². The topological polar surface area (TPSA) is 30.5 Å². The van der Waals surface area contributed by atoms with Crippen molar-refractivity contribution in [3.63, 3.8) is 0 Å². The molecule has 122 valence electrons. The fraction of sp³-hybridized carbons (Fsp3) is 0.533. The Bertz CT molecular complexity index is 484. The van der Waals surface area contributed by atoms with Crippen LogP contribution in [0.5, 0.6) is 0 Å². The summed E-state index contributed by atoms with van der Waals surface area (Å²) >= 11 is 17.2. The number of rotatable bonds is 5. The van der Waals surface area contributed by atoms with Gasteiger partial charge in [-0.3, -0.25) is 0 Å². The summed E-state index contributed by atoms with van der Waals surface area (Å²) in [5, 5.41) is 8.09. The van der Waals surface area contributed by atoms with Crippen LogP contribution in [0.1, 0.15) is 6.42 Å². The maximum atomic E-state index is 5.96. The predicted octanol–water partition coefficient (Wildman–Crippen LogP) is 2.92. The van der Waals surface area contributed by atoms with Crippen LogP contribution >= 0.6 is 35.4 Å². The molecule has 0 spiro atoms. The van der Waals surface area contributed by atoms with Gasteiger partial charge >= 0.3 is 0 Å². The van der Waals surface area contributed by atoms with Crippen LogP contribution < -0.4 is 10.6 Å². The highest BCUT2D eigenvalue weighted by molar-refractivity contribution is 7.80. The quantitative estimate of drug-likeness (QED) is 0.622. The molecule has 2 rings (SSSR count). The van der Waals surface area contributed by atoms with Crippen molar-refractivity contribution in [3.8, 4) is 0 Å². The molecule has 2 N–H and O–H groups in total. The summed E-state index contributed by atoms with van der Waals surface area (Å²) in [6.45, 7) is 6.57. The third kappa shape index (κ3) is 6.26. The largest absolute Gasteiger partial charge is 0.362 e. The van der Waals surface area contributed by atoms with Gasteiger partial charge in [0.05, 0.1) is 0 Å². The van der Waals surface area contributed by atoms with Gasteiger partial charge in [-0.15, -0.1) is 0 Å². The average molecular weight is 361 g/mol. The lowest BCUT2D eigenvalue weighted by Gasteiger charge is -2.32. The van der Waals surface area contributed by atoms with Gasteiger partial charge in [0.2, 0.25) is 0 Å². The number of nitrogens with zero attached hydrogens (tertiary/aromatic N) is 2. The number of hydrogen-bond donors (Lipinski definition) is 2. The molecule has 1 saturated heterocycles. The molecule has 7 heteroatoms. The monoisotopic (exact) mass is 360 g/mol. The van der Waals surface area contributed by atoms with Crippen LogP contribution in [0.2, 0.25) is 10.0 Å². The number of anilines is 1. The number of benzene rings is 1. The number of hydrogen-bond acceptors (Lipinski definition) is 3. The molecular formula is C15H22Cl2N4S. The molecule has 1 aliphatic heterocycles. The summed E-state index contributed by atoms with van der Waals surface area (Å²) in [4.78, 5) is 4.86. The highest BCUT2D eigenvalue weighted by Crippen LogP contribution is 2.22. The SMILES string of the molecule is CN1CCN(CCCNC(=S)Nc2cc(Cl)cc(Cl)c2)CC1. The summed E-state index contributed by atoms with van der Waals surface area (Å²) in [5.41, 5.74) is 0.800. The van der Waals surface area contributed by atoms with Crippen LogP contribution in [-0.2, 0) is 0 Å². The number of thiocarbonyl (C=S) groups is 1. The van der Waals surface area contributed by atoms with Gasteiger partial charge in [0.25, 0.3) is 0 Å². The Morgan fingerprint density at radius 1 is 1.14 bits per heavy atom. The maximum absolute atomic E-state index is 5.96. The van der Waals surface area contributed by atoms with Crippen LogP contribution in [0.3, 0.4) is 0 Å². The van der Waals surface area contributed by atoms with Crippen molar-refractivity contribution in [2.75, 3.05) is 51.6 Å². The summed E-state index contributed by atoms with van der Waals surface area (Å²) < 4.78 is 0. The standard InChI is InChI=1S/C15H22Cl2N4S/c1-20-5-7-21(8-6-20)4-2-3-18-15(22)19-14-10-12(16)9-13(17)11-14/h9-11H,2-8H2,1H3,(H2,18,19,22). The van der Waals surface area contributed by atoms with Gasteiger partial charge in [0.1, 0.15) is 0 Å². The Morgan fingerprint density at radius 3 is 2.41 bits per heavy atom. The Morgan fingerprint density at radius 2 is 1.77 bits per heavy atom. The zero-order valence-corrected chi connectivity index (χ0v) is 15.1. The minimum absolute atomic E-state index is 0.591. The average Bonchev–Trinajstić information content (AvgIpc) is 2.44. The van der Waals surface area contributed by atoms with Crippen molar-refractivity contribution in [2.45, 2.75) is 6.42 Å². The third-order valence-electron chi connectivity index (χ3n) is 3.65. The molecule has 1 aromatic rings. The van der Waals surface area contributed by atoms with E-state index in [0.717, 1.165) is 51.4 Å². The molecule has 1 aliphatic rings. The second kappa shape index (κ2) is 8.89. The van der Waals surface area contributed by atoms with Crippen molar-refractivity contribution in [3.05, 3.63) is 28.2 Å². The lowest BCUT2D eigenvalue weighted by molar-refractivity contribution is 0.153. The first-order chi connectivity index (χ1) is 10.5. The van der Waals surface area contributed by atoms with Crippen LogP contribution in [0.4, 0.5) is 5.69 Å². The van der Waals surface area contributed by atoms with Crippen LogP contribution in [0.15, 0.2) is 18.2 Å². The molecule has 0 radical (unpaired) electrons. The molecule has 0 aromatic heterocycles. The van der Waals surface area contributed by atoms with Gasteiger partial charge in [0, 0.05) is 48.5 Å². The lowest BCUT2D eigenvalue weighted by Crippen LogP contribution is -2.45. The molecule has 0 atom stereocenters. The first-order valence-corrected chi connectivity index (χ1v) is 8.61. The summed E-state index contributed by atoms with van der Waals surface area (Å²) in [6, 6.07) is 5.29. The van der Waals surface area contributed by atoms with Crippen molar-refractivity contribution in [1.29, 1.82) is 0 Å². The number of nitrogens with one attached hydrogen (secondary N) is 2. The summed E-state index contributed by atoms with van der Waals surface area (Å²) in [7, 11) is 2.17. The Balaban J connectivity index is 1.63. The second-order valence-electron chi connectivity index (χ2n) is 5.54. The van der Waals surface area contributed by atoms with E-state index >= 15 is 0 Å². The van der Waals surface area contributed by atoms with Crippen LogP contribution in [-0.4, -0.2) is 61.2 Å². The van der Waals surface area contributed by atoms with Gasteiger partial charge in [-0.1, -0.05) is 23.2 Å². The van der Waals surface area contributed by atoms with E-state index in [1.54, 1.807) is 18.2 Å². The number of halogens is 2. The lowest BCUT2D eigenvalue weighted by atomic mass is 10.3. The minimum Gasteiger partial charge on any atom is -0.362 e. The van der Waals surface area contributed by atoms with Crippen molar-refractivity contribution in [2.24, 2.45) is 0 Å². The van der Waals surface area contributed by atoms with E-state index in [1.165, 1.54) is 0 Å². The van der Waals surface area contributed by atoms with Gasteiger partial charge < -0.3 is 20.4 Å². The number of likely N-dealkylation sites (N-methyl/N-ethyl adjacent to an activating group) is 1. The van der Waals surface area contributed by atoms with Crippen LogP contribution in [0.25, 0.3) is 0 Å². The highest BCUT2D eigenvalue weighted by atomic mass is 35.5. The summed E-state index contributed by atoms with van der Waals surface area (Å²) in [6.07, 6.45) is 1.07. The minimum atomic E-state index is 0.591. The first-order valence-electron chi connectivity index (χ1n) is 7.45. The van der Waals surface area contributed by atoms with Crippen LogP contribution in [0, 0.1) is 0 Å². The highest BCUT2D eigenvalue weighted by Gasteiger charge is 2.12. The smallest absolute Gasteiger partial charge is 0.170 e. The normalized spacial score (nSPS) is 16.5. The van der Waals surface area contributed by atoms with E-state index in [1.807, 2.05) is 0 Å². The van der Waals surface area contributed by atoms with E-state index in [9.17, 15) is 0 Å². The molecule has 1 fully saturated rings. The fourth-order valence-electron chi connectivity index (χ4n) is 2.38. The van der Waals surface area contributed by atoms with Gasteiger partial charge in [0.15, 0.2) is 5.11 Å². The van der Waals surface area contributed by atoms with E-state index in [4.69, 9.17) is 35.4 Å². The van der Waals surface area contributed by atoms with Gasteiger partial charge in [-0.2, -0.15) is 0 Å². The van der Waals surface area contributed by atoms with Crippen molar-refractivity contribution < 1.29 is 0 Å². The van der Waals surface area contributed by atoms with E-state index in [-0.39, 0.29) is 0 Å². The molecule has 1 heterocycles. The van der Waals surface area contributed by atoms with Crippen molar-refractivity contribution >= 4 is 46.2 Å². The summed E-state index contributed by atoms with van der Waals surface area (Å²) in [5.74, 6) is 0. The first kappa shape index (κ1) is 17.8. The predicted molar refractivity (Wildman–Crippen MR) is 99.2 cm³/mol. The Hall–Kier alpha value is -0.590. The maximum Gasteiger partial charge on any atom is 0.170 e. The second-order valence-corrected chi connectivity index (χ2v) is 6.82. The molecule has 22 heavy (non-hydrogen) atoms. The molecule has 0 unspecified atom stereocenters. The number of piperazine rings is 1. The van der Waals surface area contributed by atoms with E-state index in [0.29, 0.717) is 15.2 Å². The third-order valence-corrected chi connectivity index (χ3v) is 4.34. The molecule has 0 saturated carbocycles. The zero-order chi connectivity index (χ0) is 15.9. The van der Waals surface area contributed by atoms with Gasteiger partial charge in [-0.25, -0.2) is 0 Å². The Labute approximate surface area is 147 Å². The van der Waals surface area contributed by atoms with Gasteiger partial charge in [-0.05, 0) is 50.4 Å². The molecular weight excluding hydrogens is 339 g/mol.